The molecule has 33 heavy (non-hydrogen) atoms. The van der Waals surface area contributed by atoms with Gasteiger partial charge < -0.3 is 19.5 Å². The van der Waals surface area contributed by atoms with Crippen molar-refractivity contribution in [1.29, 1.82) is 0 Å². The number of carbonyl (C=O) groups excluding carboxylic acids is 4. The quantitative estimate of drug-likeness (QED) is 0.458. The Hall–Kier alpha value is -3.88. The van der Waals surface area contributed by atoms with E-state index in [0.29, 0.717) is 28.2 Å². The lowest BCUT2D eigenvalue weighted by molar-refractivity contribution is -0.141. The van der Waals surface area contributed by atoms with Crippen LogP contribution in [0.15, 0.2) is 36.4 Å². The highest BCUT2D eigenvalue weighted by Crippen LogP contribution is 2.31. The zero-order valence-corrected chi connectivity index (χ0v) is 19.0. The number of esters is 1. The topological polar surface area (TPSA) is 111 Å². The summed E-state index contributed by atoms with van der Waals surface area (Å²) in [7, 11) is 4.25. The third-order valence-electron chi connectivity index (χ3n) is 5.43. The maximum Gasteiger partial charge on any atom is 0.307 e. The number of ether oxygens (including phenoxy) is 3. The van der Waals surface area contributed by atoms with Crippen LogP contribution in [0.5, 0.6) is 11.5 Å². The molecule has 1 atom stereocenters. The van der Waals surface area contributed by atoms with Crippen molar-refractivity contribution in [2.24, 2.45) is 0 Å². The predicted octanol–water partition coefficient (Wildman–Crippen LogP) is 2.42. The van der Waals surface area contributed by atoms with Gasteiger partial charge in [-0.1, -0.05) is 17.7 Å². The Kier molecular flexibility index (Phi) is 7.32. The summed E-state index contributed by atoms with van der Waals surface area (Å²) in [6, 6.07) is 9.40. The Morgan fingerprint density at radius 1 is 0.939 bits per heavy atom. The number of fused-ring (bicyclic) bond motifs is 1. The van der Waals surface area contributed by atoms with Gasteiger partial charge in [-0.3, -0.25) is 24.1 Å². The molecule has 0 aliphatic carbocycles. The summed E-state index contributed by atoms with van der Waals surface area (Å²) in [6.07, 6.45) is -0.223. The number of imide groups is 1. The molecule has 0 radical (unpaired) electrons. The number of amides is 3. The van der Waals surface area contributed by atoms with Gasteiger partial charge in [-0.15, -0.1) is 0 Å². The number of carbonyl (C=O) groups is 4. The van der Waals surface area contributed by atoms with Crippen molar-refractivity contribution in [3.8, 4) is 11.5 Å². The van der Waals surface area contributed by atoms with Gasteiger partial charge in [0.1, 0.15) is 0 Å². The van der Waals surface area contributed by atoms with E-state index in [9.17, 15) is 19.2 Å². The number of hydrogen-bond acceptors (Lipinski definition) is 7. The fourth-order valence-corrected chi connectivity index (χ4v) is 3.66. The minimum Gasteiger partial charge on any atom is -0.493 e. The molecular formula is C24H26N2O7. The first kappa shape index (κ1) is 23.8. The first-order valence-electron chi connectivity index (χ1n) is 10.3. The first-order valence-corrected chi connectivity index (χ1v) is 10.3. The molecule has 3 amide bonds. The van der Waals surface area contributed by atoms with Crippen LogP contribution >= 0.6 is 0 Å². The molecule has 0 spiro atoms. The molecule has 1 N–H and O–H groups in total. The third kappa shape index (κ3) is 5.14. The van der Waals surface area contributed by atoms with Gasteiger partial charge in [0.15, 0.2) is 11.5 Å². The average molecular weight is 454 g/mol. The van der Waals surface area contributed by atoms with Crippen LogP contribution in [-0.4, -0.2) is 56.5 Å². The van der Waals surface area contributed by atoms with Gasteiger partial charge >= 0.3 is 5.97 Å². The summed E-state index contributed by atoms with van der Waals surface area (Å²) >= 11 is 0. The van der Waals surface area contributed by atoms with E-state index in [-0.39, 0.29) is 19.4 Å². The molecular weight excluding hydrogens is 428 g/mol. The molecule has 3 rings (SSSR count). The maximum absolute atomic E-state index is 12.7. The third-order valence-corrected chi connectivity index (χ3v) is 5.43. The molecule has 0 saturated carbocycles. The summed E-state index contributed by atoms with van der Waals surface area (Å²) in [4.78, 5) is 50.9. The van der Waals surface area contributed by atoms with E-state index in [1.807, 2.05) is 6.92 Å². The molecule has 0 fully saturated rings. The lowest BCUT2D eigenvalue weighted by Crippen LogP contribution is -2.36. The monoisotopic (exact) mass is 454 g/mol. The number of rotatable bonds is 9. The minimum atomic E-state index is -0.699. The minimum absolute atomic E-state index is 0.0753. The highest BCUT2D eigenvalue weighted by atomic mass is 16.5. The molecule has 2 aromatic rings. The number of aryl methyl sites for hydroxylation is 1. The van der Waals surface area contributed by atoms with Gasteiger partial charge in [0.25, 0.3) is 11.8 Å². The second-order valence-corrected chi connectivity index (χ2v) is 7.58. The molecule has 1 aliphatic heterocycles. The van der Waals surface area contributed by atoms with Crippen molar-refractivity contribution in [2.45, 2.75) is 25.8 Å². The van der Waals surface area contributed by atoms with Crippen LogP contribution in [0.2, 0.25) is 0 Å². The Morgan fingerprint density at radius 2 is 1.64 bits per heavy atom. The Bertz CT molecular complexity index is 1100. The van der Waals surface area contributed by atoms with Gasteiger partial charge in [-0.05, 0) is 36.8 Å². The summed E-state index contributed by atoms with van der Waals surface area (Å²) in [5.74, 6) is -0.825. The molecule has 9 nitrogen and oxygen atoms in total. The Morgan fingerprint density at radius 3 is 2.30 bits per heavy atom. The van der Waals surface area contributed by atoms with Gasteiger partial charge in [0, 0.05) is 13.0 Å². The van der Waals surface area contributed by atoms with E-state index in [2.05, 4.69) is 5.32 Å². The second-order valence-electron chi connectivity index (χ2n) is 7.58. The fourth-order valence-electron chi connectivity index (χ4n) is 3.66. The van der Waals surface area contributed by atoms with Crippen LogP contribution in [0, 0.1) is 6.92 Å². The molecule has 1 heterocycles. The SMILES string of the molecule is COC(=O)CC(NC(=O)CCN1C(=O)c2ccc(C)cc2C1=O)c1ccc(OC)c(OC)c1. The van der Waals surface area contributed by atoms with E-state index in [1.165, 1.54) is 21.3 Å². The molecule has 1 unspecified atom stereocenters. The van der Waals surface area contributed by atoms with Gasteiger partial charge in [-0.25, -0.2) is 0 Å². The molecule has 9 heteroatoms. The maximum atomic E-state index is 12.7. The smallest absolute Gasteiger partial charge is 0.307 e. The van der Waals surface area contributed by atoms with E-state index in [0.717, 1.165) is 10.5 Å². The van der Waals surface area contributed by atoms with Crippen LogP contribution in [0.4, 0.5) is 0 Å². The largest absolute Gasteiger partial charge is 0.493 e. The molecule has 2 aromatic carbocycles. The molecule has 0 saturated heterocycles. The first-order chi connectivity index (χ1) is 15.8. The number of nitrogens with zero attached hydrogens (tertiary/aromatic N) is 1. The zero-order chi connectivity index (χ0) is 24.1. The van der Waals surface area contributed by atoms with Gasteiger partial charge in [0.2, 0.25) is 5.91 Å². The summed E-state index contributed by atoms with van der Waals surface area (Å²) in [6.45, 7) is 1.76. The zero-order valence-electron chi connectivity index (χ0n) is 19.0. The van der Waals surface area contributed by atoms with Crippen LogP contribution in [0.1, 0.15) is 50.7 Å². The number of benzene rings is 2. The second kappa shape index (κ2) is 10.2. The summed E-state index contributed by atoms with van der Waals surface area (Å²) in [5.41, 5.74) is 2.16. The van der Waals surface area contributed by atoms with E-state index >= 15 is 0 Å². The normalized spacial score (nSPS) is 13.4. The van der Waals surface area contributed by atoms with E-state index < -0.39 is 29.7 Å². The van der Waals surface area contributed by atoms with Gasteiger partial charge in [0.05, 0.1) is 44.9 Å². The van der Waals surface area contributed by atoms with Crippen LogP contribution in [0.3, 0.4) is 0 Å². The van der Waals surface area contributed by atoms with Crippen molar-refractivity contribution >= 4 is 23.7 Å². The number of nitrogens with one attached hydrogen (secondary N) is 1. The van der Waals surface area contributed by atoms with Crippen molar-refractivity contribution in [2.75, 3.05) is 27.9 Å². The van der Waals surface area contributed by atoms with Gasteiger partial charge in [-0.2, -0.15) is 0 Å². The Balaban J connectivity index is 1.71. The van der Waals surface area contributed by atoms with Crippen molar-refractivity contribution in [1.82, 2.24) is 10.2 Å². The molecule has 1 aliphatic rings. The van der Waals surface area contributed by atoms with Crippen molar-refractivity contribution in [3.05, 3.63) is 58.7 Å². The standard InChI is InChI=1S/C24H26N2O7/c1-14-5-7-16-17(11-14)24(30)26(23(16)29)10-9-21(27)25-18(13-22(28)33-4)15-6-8-19(31-2)20(12-15)32-3/h5-8,11-12,18H,9-10,13H2,1-4H3,(H,25,27). The van der Waals surface area contributed by atoms with Crippen LogP contribution < -0.4 is 14.8 Å². The summed E-state index contributed by atoms with van der Waals surface area (Å²) in [5, 5.41) is 2.79. The molecule has 0 aromatic heterocycles. The summed E-state index contributed by atoms with van der Waals surface area (Å²) < 4.78 is 15.3. The number of methoxy groups -OCH3 is 3. The van der Waals surface area contributed by atoms with Crippen LogP contribution in [0.25, 0.3) is 0 Å². The van der Waals surface area contributed by atoms with Crippen molar-refractivity contribution in [3.63, 3.8) is 0 Å². The lowest BCUT2D eigenvalue weighted by atomic mass is 10.0. The molecule has 0 bridgehead atoms. The fraction of sp³-hybridized carbons (Fsp3) is 0.333. The Labute approximate surface area is 191 Å². The number of hydrogen-bond donors (Lipinski definition) is 1. The van der Waals surface area contributed by atoms with Crippen LogP contribution in [-0.2, 0) is 14.3 Å². The van der Waals surface area contributed by atoms with E-state index in [1.54, 1.807) is 36.4 Å². The highest BCUT2D eigenvalue weighted by Gasteiger charge is 2.35. The van der Waals surface area contributed by atoms with Crippen molar-refractivity contribution < 1.29 is 33.4 Å². The average Bonchev–Trinajstić information content (AvgIpc) is 3.05. The lowest BCUT2D eigenvalue weighted by Gasteiger charge is -2.20. The highest BCUT2D eigenvalue weighted by molar-refractivity contribution is 6.21. The van der Waals surface area contributed by atoms with E-state index in [4.69, 9.17) is 14.2 Å². The molecule has 174 valence electrons. The predicted molar refractivity (Wildman–Crippen MR) is 118 cm³/mol.